The van der Waals surface area contributed by atoms with Gasteiger partial charge >= 0.3 is 0 Å². The molecule has 0 fully saturated rings. The van der Waals surface area contributed by atoms with E-state index in [1.807, 2.05) is 0 Å². The quantitative estimate of drug-likeness (QED) is 0.144. The number of nitrogens with zero attached hydrogens (tertiary/aromatic N) is 2. The minimum Gasteiger partial charge on any atom is -0.310 e. The smallest absolute Gasteiger partial charge is 0.0714 e. The van der Waals surface area contributed by atoms with Crippen LogP contribution < -0.4 is 4.90 Å². The number of benzene rings is 12. The van der Waals surface area contributed by atoms with E-state index in [0.717, 1.165) is 17.1 Å². The molecule has 2 aliphatic carbocycles. The molecule has 1 heterocycles. The van der Waals surface area contributed by atoms with Gasteiger partial charge in [-0.3, -0.25) is 0 Å². The predicted molar refractivity (Wildman–Crippen MR) is 329 cm³/mol. The van der Waals surface area contributed by atoms with Crippen molar-refractivity contribution in [2.24, 2.45) is 0 Å². The van der Waals surface area contributed by atoms with Gasteiger partial charge in [-0.15, -0.1) is 0 Å². The number of hydrogen-bond donors (Lipinski definition) is 0. The molecule has 0 bridgehead atoms. The molecule has 2 heteroatoms. The molecule has 0 spiro atoms. The predicted octanol–water partition coefficient (Wildman–Crippen LogP) is 20.2. The van der Waals surface area contributed by atoms with E-state index in [9.17, 15) is 0 Å². The molecule has 13 aromatic rings. The molecule has 0 aliphatic heterocycles. The topological polar surface area (TPSA) is 8.17 Å². The molecule has 0 saturated carbocycles. The highest BCUT2D eigenvalue weighted by Gasteiger charge is 2.46. The monoisotopic (exact) mass is 998 g/mol. The Balaban J connectivity index is 0.860. The lowest BCUT2D eigenvalue weighted by molar-refractivity contribution is 0.590. The van der Waals surface area contributed by atoms with E-state index in [-0.39, 0.29) is 10.8 Å². The van der Waals surface area contributed by atoms with Crippen molar-refractivity contribution in [1.29, 1.82) is 0 Å². The van der Waals surface area contributed by atoms with Crippen LogP contribution in [0.3, 0.4) is 0 Å². The van der Waals surface area contributed by atoms with Gasteiger partial charge in [0.15, 0.2) is 0 Å². The van der Waals surface area contributed by atoms with Crippen molar-refractivity contribution in [2.45, 2.75) is 50.9 Å². The van der Waals surface area contributed by atoms with E-state index in [4.69, 9.17) is 0 Å². The third kappa shape index (κ3) is 6.75. The van der Waals surface area contributed by atoms with Crippen molar-refractivity contribution in [3.8, 4) is 39.1 Å². The fraction of sp³-hybridized carbons (Fsp3) is 0.105. The van der Waals surface area contributed by atoms with Gasteiger partial charge in [0.1, 0.15) is 0 Å². The van der Waals surface area contributed by atoms with Crippen LogP contribution in [0.2, 0.25) is 0 Å². The van der Waals surface area contributed by atoms with Crippen LogP contribution >= 0.6 is 0 Å². The fourth-order valence-corrected chi connectivity index (χ4v) is 13.8. The molecular weight excluding hydrogens is 941 g/mol. The maximum atomic E-state index is 2.51. The van der Waals surface area contributed by atoms with Crippen LogP contribution in [-0.4, -0.2) is 4.57 Å². The number of anilines is 3. The maximum Gasteiger partial charge on any atom is 0.0714 e. The molecule has 78 heavy (non-hydrogen) atoms. The average molecular weight is 999 g/mol. The molecule has 372 valence electrons. The van der Waals surface area contributed by atoms with Crippen LogP contribution in [0.15, 0.2) is 261 Å². The summed E-state index contributed by atoms with van der Waals surface area (Å²) in [5, 5.41) is 7.48. The highest BCUT2D eigenvalue weighted by atomic mass is 15.1. The molecule has 0 amide bonds. The van der Waals surface area contributed by atoms with Gasteiger partial charge in [0.25, 0.3) is 0 Å². The minimum atomic E-state index is -0.495. The summed E-state index contributed by atoms with van der Waals surface area (Å²) in [4.78, 5) is 2.49. The standard InChI is InChI=1S/C76H58N2/c1-74(2,3)52-34-36-55(37-35-52)77(72-46-51-20-12-13-25-58(51)59-26-14-15-28-64(59)72)56-38-42-62-61-40-32-49(44-68(61)75(4,5)69(62)47-56)50-33-41-66-65-29-17-19-31-71(65)78(73(66)45-50)57-39-43-63-60-27-16-18-30-67(60)76(70(63)48-57,53-21-8-6-9-22-53)54-23-10-7-11-24-54/h6-48H,1-5H3. The minimum absolute atomic E-state index is 0.0422. The first-order chi connectivity index (χ1) is 38.1. The Morgan fingerprint density at radius 2 is 0.897 bits per heavy atom. The molecule has 12 aromatic carbocycles. The van der Waals surface area contributed by atoms with Gasteiger partial charge < -0.3 is 9.47 Å². The highest BCUT2D eigenvalue weighted by Crippen LogP contribution is 2.57. The van der Waals surface area contributed by atoms with Crippen molar-refractivity contribution >= 4 is 60.4 Å². The second-order valence-corrected chi connectivity index (χ2v) is 23.3. The summed E-state index contributed by atoms with van der Waals surface area (Å²) < 4.78 is 2.51. The van der Waals surface area contributed by atoms with Gasteiger partial charge in [0, 0.05) is 38.6 Å². The van der Waals surface area contributed by atoms with Crippen molar-refractivity contribution in [2.75, 3.05) is 4.90 Å². The van der Waals surface area contributed by atoms with E-state index < -0.39 is 5.41 Å². The van der Waals surface area contributed by atoms with Crippen molar-refractivity contribution in [3.05, 3.63) is 300 Å². The number of rotatable bonds is 7. The van der Waals surface area contributed by atoms with E-state index in [1.165, 1.54) is 121 Å². The molecule has 0 N–H and O–H groups in total. The summed E-state index contributed by atoms with van der Waals surface area (Å²) in [6.45, 7) is 11.7. The number of fused-ring (bicyclic) bond motifs is 12. The molecule has 0 unspecified atom stereocenters. The van der Waals surface area contributed by atoms with Crippen LogP contribution in [0.5, 0.6) is 0 Å². The Labute approximate surface area is 457 Å². The molecule has 1 aromatic heterocycles. The lowest BCUT2D eigenvalue weighted by Gasteiger charge is -2.34. The Hall–Kier alpha value is -9.24. The zero-order valence-electron chi connectivity index (χ0n) is 44.7. The Morgan fingerprint density at radius 3 is 1.64 bits per heavy atom. The maximum absolute atomic E-state index is 2.51. The number of para-hydroxylation sites is 1. The SMILES string of the molecule is CC(C)(C)c1ccc(N(c2ccc3c(c2)C(C)(C)c2cc(-c4ccc5c6ccccc6n(-c6ccc7c(c6)C(c6ccccc6)(c6ccccc6)c6ccccc6-7)c5c4)ccc2-3)c2cc3ccccc3c3ccccc23)cc1. The average Bonchev–Trinajstić information content (AvgIpc) is 4.28. The summed E-state index contributed by atoms with van der Waals surface area (Å²) in [5.41, 5.74) is 23.0. The summed E-state index contributed by atoms with van der Waals surface area (Å²) in [6.07, 6.45) is 0. The Bertz CT molecular complexity index is 4510. The Morgan fingerprint density at radius 1 is 0.359 bits per heavy atom. The first-order valence-electron chi connectivity index (χ1n) is 27.6. The van der Waals surface area contributed by atoms with Gasteiger partial charge in [-0.25, -0.2) is 0 Å². The van der Waals surface area contributed by atoms with Crippen LogP contribution in [-0.2, 0) is 16.2 Å². The van der Waals surface area contributed by atoms with Crippen molar-refractivity contribution < 1.29 is 0 Å². The summed E-state index contributed by atoms with van der Waals surface area (Å²) in [5.74, 6) is 0. The van der Waals surface area contributed by atoms with Crippen molar-refractivity contribution in [1.82, 2.24) is 4.57 Å². The number of hydrogen-bond acceptors (Lipinski definition) is 1. The highest BCUT2D eigenvalue weighted by molar-refractivity contribution is 6.15. The molecule has 0 saturated heterocycles. The van der Waals surface area contributed by atoms with Gasteiger partial charge in [0.05, 0.1) is 22.1 Å². The van der Waals surface area contributed by atoms with Crippen LogP contribution in [0.1, 0.15) is 73.6 Å². The molecular formula is C76H58N2. The number of aromatic nitrogens is 1. The lowest BCUT2D eigenvalue weighted by Crippen LogP contribution is -2.28. The lowest BCUT2D eigenvalue weighted by atomic mass is 9.67. The summed E-state index contributed by atoms with van der Waals surface area (Å²) >= 11 is 0. The molecule has 0 radical (unpaired) electrons. The van der Waals surface area contributed by atoms with Crippen LogP contribution in [0, 0.1) is 0 Å². The van der Waals surface area contributed by atoms with Gasteiger partial charge in [-0.05, 0) is 155 Å². The Kier molecular flexibility index (Phi) is 10.1. The van der Waals surface area contributed by atoms with E-state index in [1.54, 1.807) is 0 Å². The van der Waals surface area contributed by atoms with E-state index >= 15 is 0 Å². The second kappa shape index (κ2) is 17.1. The molecule has 2 aliphatic rings. The van der Waals surface area contributed by atoms with Gasteiger partial charge in [0.2, 0.25) is 0 Å². The summed E-state index contributed by atoms with van der Waals surface area (Å²) in [7, 11) is 0. The third-order valence-corrected chi connectivity index (χ3v) is 17.6. The van der Waals surface area contributed by atoms with Gasteiger partial charge in [-0.2, -0.15) is 0 Å². The normalized spacial score (nSPS) is 13.9. The molecule has 15 rings (SSSR count). The van der Waals surface area contributed by atoms with Crippen molar-refractivity contribution in [3.63, 3.8) is 0 Å². The zero-order valence-corrected chi connectivity index (χ0v) is 44.7. The third-order valence-electron chi connectivity index (χ3n) is 17.6. The van der Waals surface area contributed by atoms with E-state index in [0.29, 0.717) is 0 Å². The first kappa shape index (κ1) is 46.1. The fourth-order valence-electron chi connectivity index (χ4n) is 13.8. The molecule has 0 atom stereocenters. The molecule has 2 nitrogen and oxygen atoms in total. The zero-order chi connectivity index (χ0) is 52.5. The summed E-state index contributed by atoms with van der Waals surface area (Å²) in [6, 6.07) is 98.2. The second-order valence-electron chi connectivity index (χ2n) is 23.3. The van der Waals surface area contributed by atoms with Crippen LogP contribution in [0.4, 0.5) is 17.1 Å². The van der Waals surface area contributed by atoms with E-state index in [2.05, 4.69) is 305 Å². The largest absolute Gasteiger partial charge is 0.310 e. The van der Waals surface area contributed by atoms with Gasteiger partial charge in [-0.1, -0.05) is 235 Å². The first-order valence-corrected chi connectivity index (χ1v) is 27.6. The van der Waals surface area contributed by atoms with Crippen LogP contribution in [0.25, 0.3) is 82.4 Å².